The molecule has 4 heteroatoms. The van der Waals surface area contributed by atoms with E-state index in [1.807, 2.05) is 38.1 Å². The first-order valence-corrected chi connectivity index (χ1v) is 5.45. The van der Waals surface area contributed by atoms with Crippen molar-refractivity contribution in [1.29, 1.82) is 0 Å². The molecule has 0 saturated heterocycles. The number of para-hydroxylation sites is 2. The van der Waals surface area contributed by atoms with Crippen LogP contribution in [-0.4, -0.2) is 9.55 Å². The van der Waals surface area contributed by atoms with Crippen molar-refractivity contribution in [1.82, 2.24) is 9.55 Å². The van der Waals surface area contributed by atoms with E-state index in [1.165, 1.54) is 4.57 Å². The maximum absolute atomic E-state index is 11.8. The zero-order valence-corrected chi connectivity index (χ0v) is 9.86. The SMILES string of the molecule is CC(C)=CCn1c(=O)c(=O)[nH]c2ccccc21. The number of hydrogen-bond acceptors (Lipinski definition) is 2. The average molecular weight is 230 g/mol. The van der Waals surface area contributed by atoms with E-state index in [0.29, 0.717) is 12.1 Å². The highest BCUT2D eigenvalue weighted by atomic mass is 16.2. The normalized spacial score (nSPS) is 10.5. The van der Waals surface area contributed by atoms with Crippen LogP contribution in [0.2, 0.25) is 0 Å². The lowest BCUT2D eigenvalue weighted by Gasteiger charge is -2.06. The Morgan fingerprint density at radius 2 is 2.00 bits per heavy atom. The van der Waals surface area contributed by atoms with Crippen molar-refractivity contribution in [2.45, 2.75) is 20.4 Å². The lowest BCUT2D eigenvalue weighted by molar-refractivity contribution is 0.791. The number of rotatable bonds is 2. The summed E-state index contributed by atoms with van der Waals surface area (Å²) in [5.74, 6) is 0. The van der Waals surface area contributed by atoms with E-state index in [1.54, 1.807) is 6.07 Å². The Labute approximate surface area is 98.2 Å². The van der Waals surface area contributed by atoms with Crippen LogP contribution in [-0.2, 0) is 6.54 Å². The molecule has 0 aliphatic rings. The molecule has 1 aromatic heterocycles. The summed E-state index contributed by atoms with van der Waals surface area (Å²) >= 11 is 0. The molecule has 0 spiro atoms. The van der Waals surface area contributed by atoms with E-state index < -0.39 is 11.1 Å². The van der Waals surface area contributed by atoms with E-state index in [2.05, 4.69) is 4.98 Å². The van der Waals surface area contributed by atoms with Gasteiger partial charge in [0.25, 0.3) is 0 Å². The summed E-state index contributed by atoms with van der Waals surface area (Å²) in [5, 5.41) is 0. The molecule has 88 valence electrons. The number of allylic oxidation sites excluding steroid dienone is 2. The van der Waals surface area contributed by atoms with Crippen molar-refractivity contribution in [3.8, 4) is 0 Å². The fourth-order valence-electron chi connectivity index (χ4n) is 1.68. The number of aromatic amines is 1. The molecule has 0 saturated carbocycles. The first-order valence-electron chi connectivity index (χ1n) is 5.45. The van der Waals surface area contributed by atoms with Crippen molar-refractivity contribution in [2.24, 2.45) is 0 Å². The summed E-state index contributed by atoms with van der Waals surface area (Å²) < 4.78 is 1.49. The molecule has 0 aliphatic heterocycles. The number of benzene rings is 1. The van der Waals surface area contributed by atoms with Gasteiger partial charge < -0.3 is 4.98 Å². The van der Waals surface area contributed by atoms with Gasteiger partial charge in [-0.3, -0.25) is 14.2 Å². The van der Waals surface area contributed by atoms with Gasteiger partial charge in [-0.25, -0.2) is 0 Å². The molecule has 17 heavy (non-hydrogen) atoms. The third kappa shape index (κ3) is 2.20. The highest BCUT2D eigenvalue weighted by Gasteiger charge is 2.05. The van der Waals surface area contributed by atoms with Crippen LogP contribution in [0.3, 0.4) is 0 Å². The highest BCUT2D eigenvalue weighted by molar-refractivity contribution is 5.74. The van der Waals surface area contributed by atoms with Gasteiger partial charge in [0.2, 0.25) is 0 Å². The van der Waals surface area contributed by atoms with Gasteiger partial charge in [-0.2, -0.15) is 0 Å². The van der Waals surface area contributed by atoms with Crippen LogP contribution in [0, 0.1) is 0 Å². The Morgan fingerprint density at radius 3 is 2.71 bits per heavy atom. The molecule has 2 rings (SSSR count). The second-order valence-electron chi connectivity index (χ2n) is 4.17. The predicted octanol–water partition coefficient (Wildman–Crippen LogP) is 1.66. The first-order chi connectivity index (χ1) is 8.09. The molecule has 0 amide bonds. The van der Waals surface area contributed by atoms with Gasteiger partial charge in [0, 0.05) is 6.54 Å². The number of hydrogen-bond donors (Lipinski definition) is 1. The Hall–Kier alpha value is -2.10. The van der Waals surface area contributed by atoms with Crippen LogP contribution >= 0.6 is 0 Å². The third-order valence-corrected chi connectivity index (χ3v) is 2.56. The van der Waals surface area contributed by atoms with Crippen LogP contribution < -0.4 is 11.1 Å². The van der Waals surface area contributed by atoms with E-state index in [9.17, 15) is 9.59 Å². The molecule has 1 heterocycles. The average Bonchev–Trinajstić information content (AvgIpc) is 2.29. The lowest BCUT2D eigenvalue weighted by Crippen LogP contribution is -2.36. The third-order valence-electron chi connectivity index (χ3n) is 2.56. The lowest BCUT2D eigenvalue weighted by atomic mass is 10.2. The smallest absolute Gasteiger partial charge is 0.316 e. The van der Waals surface area contributed by atoms with E-state index >= 15 is 0 Å². The van der Waals surface area contributed by atoms with Gasteiger partial charge in [0.05, 0.1) is 11.0 Å². The molecule has 1 aromatic carbocycles. The van der Waals surface area contributed by atoms with Crippen LogP contribution in [0.25, 0.3) is 11.0 Å². The molecule has 0 unspecified atom stereocenters. The minimum Gasteiger partial charge on any atom is -0.316 e. The van der Waals surface area contributed by atoms with E-state index in [-0.39, 0.29) is 0 Å². The summed E-state index contributed by atoms with van der Waals surface area (Å²) in [4.78, 5) is 25.9. The minimum atomic E-state index is -0.578. The molecule has 2 aromatic rings. The van der Waals surface area contributed by atoms with E-state index in [0.717, 1.165) is 11.1 Å². The van der Waals surface area contributed by atoms with Crippen LogP contribution in [0.4, 0.5) is 0 Å². The molecule has 0 fully saturated rings. The number of H-pyrrole nitrogens is 1. The first kappa shape index (κ1) is 11.4. The maximum atomic E-state index is 11.8. The number of aromatic nitrogens is 2. The fraction of sp³-hybridized carbons (Fsp3) is 0.231. The monoisotopic (exact) mass is 230 g/mol. The number of nitrogens with one attached hydrogen (secondary N) is 1. The molecule has 0 atom stereocenters. The number of nitrogens with zero attached hydrogens (tertiary/aromatic N) is 1. The standard InChI is InChI=1S/C13H14N2O2/c1-9(2)7-8-15-11-6-4-3-5-10(11)14-12(16)13(15)17/h3-7H,8H2,1-2H3,(H,14,16). The second-order valence-corrected chi connectivity index (χ2v) is 4.17. The quantitative estimate of drug-likeness (QED) is 0.630. The van der Waals surface area contributed by atoms with Crippen LogP contribution in [0.5, 0.6) is 0 Å². The van der Waals surface area contributed by atoms with Crippen LogP contribution in [0.15, 0.2) is 45.5 Å². The van der Waals surface area contributed by atoms with Crippen molar-refractivity contribution < 1.29 is 0 Å². The number of fused-ring (bicyclic) bond motifs is 1. The molecule has 0 bridgehead atoms. The molecular formula is C13H14N2O2. The summed E-state index contributed by atoms with van der Waals surface area (Å²) in [7, 11) is 0. The van der Waals surface area contributed by atoms with Crippen LogP contribution in [0.1, 0.15) is 13.8 Å². The predicted molar refractivity (Wildman–Crippen MR) is 68.3 cm³/mol. The van der Waals surface area contributed by atoms with Crippen molar-refractivity contribution in [3.63, 3.8) is 0 Å². The van der Waals surface area contributed by atoms with Crippen molar-refractivity contribution in [3.05, 3.63) is 56.6 Å². The van der Waals surface area contributed by atoms with E-state index in [4.69, 9.17) is 0 Å². The molecule has 4 nitrogen and oxygen atoms in total. The zero-order valence-electron chi connectivity index (χ0n) is 9.86. The topological polar surface area (TPSA) is 54.9 Å². The Bertz CT molecular complexity index is 688. The highest BCUT2D eigenvalue weighted by Crippen LogP contribution is 2.07. The molecular weight excluding hydrogens is 216 g/mol. The van der Waals surface area contributed by atoms with Gasteiger partial charge >= 0.3 is 11.1 Å². The molecule has 1 N–H and O–H groups in total. The summed E-state index contributed by atoms with van der Waals surface area (Å²) in [6, 6.07) is 7.29. The summed E-state index contributed by atoms with van der Waals surface area (Å²) in [6.07, 6.45) is 1.92. The van der Waals surface area contributed by atoms with Gasteiger partial charge in [0.15, 0.2) is 0 Å². The largest absolute Gasteiger partial charge is 0.317 e. The Kier molecular flexibility index (Phi) is 2.95. The Morgan fingerprint density at radius 1 is 1.29 bits per heavy atom. The minimum absolute atomic E-state index is 0.422. The zero-order chi connectivity index (χ0) is 12.4. The fourth-order valence-corrected chi connectivity index (χ4v) is 1.68. The van der Waals surface area contributed by atoms with Gasteiger partial charge in [-0.05, 0) is 26.0 Å². The van der Waals surface area contributed by atoms with Gasteiger partial charge in [0.1, 0.15) is 0 Å². The summed E-state index contributed by atoms with van der Waals surface area (Å²) in [5.41, 5.74) is 1.45. The Balaban J connectivity index is 2.75. The van der Waals surface area contributed by atoms with Crippen molar-refractivity contribution in [2.75, 3.05) is 0 Å². The summed E-state index contributed by atoms with van der Waals surface area (Å²) in [6.45, 7) is 4.34. The molecule has 0 aliphatic carbocycles. The molecule has 0 radical (unpaired) electrons. The van der Waals surface area contributed by atoms with Crippen molar-refractivity contribution >= 4 is 11.0 Å². The van der Waals surface area contributed by atoms with Gasteiger partial charge in [-0.15, -0.1) is 0 Å². The maximum Gasteiger partial charge on any atom is 0.317 e. The van der Waals surface area contributed by atoms with Gasteiger partial charge in [-0.1, -0.05) is 23.8 Å². The second kappa shape index (κ2) is 4.41.